The Morgan fingerprint density at radius 2 is 1.31 bits per heavy atom. The van der Waals surface area contributed by atoms with Crippen LogP contribution in [0.1, 0.15) is 25.5 Å². The molecule has 0 fully saturated rings. The molecule has 0 aliphatic heterocycles. The van der Waals surface area contributed by atoms with E-state index in [0.29, 0.717) is 5.92 Å². The van der Waals surface area contributed by atoms with Crippen molar-refractivity contribution >= 4 is 0 Å². The zero-order valence-electron chi connectivity index (χ0n) is 9.78. The number of hydrogen-bond acceptors (Lipinski definition) is 1. The zero-order chi connectivity index (χ0) is 11.1. The van der Waals surface area contributed by atoms with E-state index in [1.54, 1.807) is 0 Å². The van der Waals surface area contributed by atoms with E-state index in [0.717, 1.165) is 0 Å². The summed E-state index contributed by atoms with van der Waals surface area (Å²) in [5.41, 5.74) is 7.13. The molecule has 1 atom stereocenters. The molecule has 0 spiro atoms. The van der Waals surface area contributed by atoms with Gasteiger partial charge in [0, 0.05) is 17.1 Å². The molecule has 2 heteroatoms. The zero-order valence-corrected chi connectivity index (χ0v) is 10.9. The second-order valence-electron chi connectivity index (χ2n) is 3.95. The number of rotatable bonds is 2. The molecule has 0 heterocycles. The minimum atomic E-state index is 0. The first-order chi connectivity index (χ1) is 7.22. The molecule has 2 N–H and O–H groups in total. The SMILES string of the molecule is CC(C)C(N)[c-]1cccc1.[Fe].[cH-]1[cH-][cH-][cH-][cH-]1. The van der Waals surface area contributed by atoms with Crippen LogP contribution in [0.2, 0.25) is 0 Å². The van der Waals surface area contributed by atoms with Gasteiger partial charge in [0.25, 0.3) is 0 Å². The largest absolute Gasteiger partial charge is 0.748 e. The first-order valence-electron chi connectivity index (χ1n) is 5.35. The molecular formula is C14H19FeN-6. The molecule has 2 rings (SSSR count). The maximum Gasteiger partial charge on any atom is 0 e. The van der Waals surface area contributed by atoms with Gasteiger partial charge in [0.05, 0.1) is 0 Å². The fourth-order valence-electron chi connectivity index (χ4n) is 1.32. The minimum Gasteiger partial charge on any atom is -0.748 e. The Kier molecular flexibility index (Phi) is 7.92. The van der Waals surface area contributed by atoms with Crippen LogP contribution in [-0.4, -0.2) is 0 Å². The molecule has 0 saturated carbocycles. The Balaban J connectivity index is 0.000000318. The van der Waals surface area contributed by atoms with Crippen molar-refractivity contribution in [2.45, 2.75) is 19.9 Å². The third kappa shape index (κ3) is 5.31. The van der Waals surface area contributed by atoms with Crippen LogP contribution < -0.4 is 5.73 Å². The van der Waals surface area contributed by atoms with Crippen molar-refractivity contribution in [2.75, 3.05) is 0 Å². The van der Waals surface area contributed by atoms with Crippen molar-refractivity contribution in [2.24, 2.45) is 11.7 Å². The minimum absolute atomic E-state index is 0. The maximum atomic E-state index is 5.88. The topological polar surface area (TPSA) is 26.0 Å². The number of hydrogen-bond donors (Lipinski definition) is 1. The van der Waals surface area contributed by atoms with Crippen molar-refractivity contribution in [3.8, 4) is 0 Å². The van der Waals surface area contributed by atoms with Gasteiger partial charge in [-0.25, -0.2) is 12.1 Å². The molecule has 1 nitrogen and oxygen atoms in total. The summed E-state index contributed by atoms with van der Waals surface area (Å²) >= 11 is 0. The molecule has 0 aromatic heterocycles. The van der Waals surface area contributed by atoms with E-state index in [2.05, 4.69) is 26.0 Å². The monoisotopic (exact) mass is 257 g/mol. The van der Waals surface area contributed by atoms with Crippen LogP contribution in [0.15, 0.2) is 54.6 Å². The van der Waals surface area contributed by atoms with Crippen molar-refractivity contribution < 1.29 is 17.1 Å². The van der Waals surface area contributed by atoms with E-state index in [1.807, 2.05) is 42.5 Å². The van der Waals surface area contributed by atoms with Crippen LogP contribution in [0, 0.1) is 5.92 Å². The second kappa shape index (κ2) is 8.35. The molecular weight excluding hydrogens is 238 g/mol. The summed E-state index contributed by atoms with van der Waals surface area (Å²) in [7, 11) is 0. The standard InChI is InChI=1S/C9H14N.C5H5.Fe/c1-7(2)9(10)8-5-3-4-6-8;1-2-4-5-3-1;/h3-7,9H,10H2,1-2H3;1-5H;/q-1;-5;. The van der Waals surface area contributed by atoms with Gasteiger partial charge in [0.15, 0.2) is 0 Å². The summed E-state index contributed by atoms with van der Waals surface area (Å²) in [6.07, 6.45) is 0. The molecule has 1 unspecified atom stereocenters. The van der Waals surface area contributed by atoms with E-state index in [9.17, 15) is 0 Å². The first-order valence-corrected chi connectivity index (χ1v) is 5.35. The molecule has 0 saturated heterocycles. The molecule has 0 bridgehead atoms. The summed E-state index contributed by atoms with van der Waals surface area (Å²) < 4.78 is 0. The summed E-state index contributed by atoms with van der Waals surface area (Å²) in [4.78, 5) is 0. The van der Waals surface area contributed by atoms with Gasteiger partial charge in [0.1, 0.15) is 0 Å². The van der Waals surface area contributed by atoms with Gasteiger partial charge in [-0.3, -0.25) is 0 Å². The van der Waals surface area contributed by atoms with Gasteiger partial charge >= 0.3 is 0 Å². The van der Waals surface area contributed by atoms with Gasteiger partial charge in [-0.1, -0.05) is 13.8 Å². The van der Waals surface area contributed by atoms with Gasteiger partial charge in [-0.15, -0.1) is 5.56 Å². The first kappa shape index (κ1) is 15.2. The maximum absolute atomic E-state index is 5.88. The van der Waals surface area contributed by atoms with Crippen molar-refractivity contribution in [1.82, 2.24) is 0 Å². The van der Waals surface area contributed by atoms with Crippen LogP contribution in [0.25, 0.3) is 0 Å². The summed E-state index contributed by atoms with van der Waals surface area (Å²) in [5.74, 6) is 0.530. The van der Waals surface area contributed by atoms with Crippen molar-refractivity contribution in [1.29, 1.82) is 0 Å². The van der Waals surface area contributed by atoms with Crippen LogP contribution in [0.4, 0.5) is 0 Å². The average Bonchev–Trinajstić information content (AvgIpc) is 2.92. The quantitative estimate of drug-likeness (QED) is 0.647. The predicted octanol–water partition coefficient (Wildman–Crippen LogP) is 3.46. The fourth-order valence-corrected chi connectivity index (χ4v) is 1.32. The Labute approximate surface area is 109 Å². The Hall–Kier alpha value is -0.821. The summed E-state index contributed by atoms with van der Waals surface area (Å²) in [6.45, 7) is 4.27. The van der Waals surface area contributed by atoms with Crippen LogP contribution >= 0.6 is 0 Å². The van der Waals surface area contributed by atoms with E-state index < -0.39 is 0 Å². The Morgan fingerprint density at radius 3 is 1.62 bits per heavy atom. The number of nitrogens with two attached hydrogens (primary N) is 1. The van der Waals surface area contributed by atoms with E-state index >= 15 is 0 Å². The summed E-state index contributed by atoms with van der Waals surface area (Å²) in [6, 6.07) is 18.4. The molecule has 0 amide bonds. The van der Waals surface area contributed by atoms with Gasteiger partial charge in [0.2, 0.25) is 0 Å². The Morgan fingerprint density at radius 1 is 0.938 bits per heavy atom. The predicted molar refractivity (Wildman–Crippen MR) is 65.8 cm³/mol. The normalized spacial score (nSPS) is 11.2. The van der Waals surface area contributed by atoms with Crippen LogP contribution in [0.3, 0.4) is 0 Å². The molecule has 94 valence electrons. The molecule has 0 aliphatic carbocycles. The Bertz CT molecular complexity index is 304. The fraction of sp³-hybridized carbons (Fsp3) is 0.286. The summed E-state index contributed by atoms with van der Waals surface area (Å²) in [5, 5.41) is 0. The van der Waals surface area contributed by atoms with E-state index in [4.69, 9.17) is 5.73 Å². The van der Waals surface area contributed by atoms with Crippen molar-refractivity contribution in [3.05, 3.63) is 60.2 Å². The second-order valence-corrected chi connectivity index (χ2v) is 3.95. The van der Waals surface area contributed by atoms with Gasteiger partial charge in [-0.2, -0.15) is 12.1 Å². The van der Waals surface area contributed by atoms with Crippen LogP contribution in [-0.2, 0) is 17.1 Å². The van der Waals surface area contributed by atoms with Gasteiger partial charge in [-0.05, 0) is 12.0 Å². The van der Waals surface area contributed by atoms with Crippen molar-refractivity contribution in [3.63, 3.8) is 0 Å². The van der Waals surface area contributed by atoms with E-state index in [1.165, 1.54) is 5.56 Å². The molecule has 0 radical (unpaired) electrons. The van der Waals surface area contributed by atoms with Crippen LogP contribution in [0.5, 0.6) is 0 Å². The molecule has 2 aromatic carbocycles. The molecule has 16 heavy (non-hydrogen) atoms. The van der Waals surface area contributed by atoms with Gasteiger partial charge < -0.3 is 36.1 Å². The smallest absolute Gasteiger partial charge is 0 e. The molecule has 2 aromatic rings. The third-order valence-corrected chi connectivity index (χ3v) is 2.35. The average molecular weight is 257 g/mol. The van der Waals surface area contributed by atoms with E-state index in [-0.39, 0.29) is 23.1 Å². The molecule has 0 aliphatic rings. The third-order valence-electron chi connectivity index (χ3n) is 2.35.